The van der Waals surface area contributed by atoms with Gasteiger partial charge in [-0.15, -0.1) is 0 Å². The number of ether oxygens (including phenoxy) is 1. The standard InChI is InChI=1S/C15H15N3O/c1-19-13-7-3-2-6-11(13)15-12(10-16)18-9-5-4-8-14(18)17-15/h2-3,6-7H,4-5,8-9H2,1H3. The molecule has 2 heterocycles. The number of methoxy groups -OCH3 is 1. The van der Waals surface area contributed by atoms with Crippen molar-refractivity contribution in [1.29, 1.82) is 5.26 Å². The van der Waals surface area contributed by atoms with E-state index in [1.54, 1.807) is 7.11 Å². The Balaban J connectivity index is 2.20. The summed E-state index contributed by atoms with van der Waals surface area (Å²) >= 11 is 0. The van der Waals surface area contributed by atoms with Crippen molar-refractivity contribution in [3.8, 4) is 23.1 Å². The van der Waals surface area contributed by atoms with Crippen LogP contribution in [0, 0.1) is 11.3 Å². The third-order valence-corrected chi connectivity index (χ3v) is 3.55. The van der Waals surface area contributed by atoms with Gasteiger partial charge in [0, 0.05) is 18.5 Å². The summed E-state index contributed by atoms with van der Waals surface area (Å²) < 4.78 is 7.42. The van der Waals surface area contributed by atoms with Crippen molar-refractivity contribution < 1.29 is 4.74 Å². The predicted octanol–water partition coefficient (Wildman–Crippen LogP) is 2.77. The van der Waals surface area contributed by atoms with E-state index in [1.807, 2.05) is 28.8 Å². The first-order chi connectivity index (χ1) is 9.35. The molecule has 1 aliphatic rings. The highest BCUT2D eigenvalue weighted by Crippen LogP contribution is 2.33. The van der Waals surface area contributed by atoms with E-state index in [4.69, 9.17) is 4.74 Å². The third kappa shape index (κ3) is 1.88. The lowest BCUT2D eigenvalue weighted by molar-refractivity contribution is 0.416. The van der Waals surface area contributed by atoms with Crippen molar-refractivity contribution in [2.45, 2.75) is 25.8 Å². The molecule has 0 fully saturated rings. The van der Waals surface area contributed by atoms with Gasteiger partial charge in [-0.3, -0.25) is 0 Å². The number of fused-ring (bicyclic) bond motifs is 1. The first-order valence-electron chi connectivity index (χ1n) is 6.48. The highest BCUT2D eigenvalue weighted by atomic mass is 16.5. The van der Waals surface area contributed by atoms with Crippen LogP contribution in [0.15, 0.2) is 24.3 Å². The number of benzene rings is 1. The Labute approximate surface area is 112 Å². The van der Waals surface area contributed by atoms with Gasteiger partial charge in [-0.25, -0.2) is 4.98 Å². The zero-order valence-corrected chi connectivity index (χ0v) is 10.9. The minimum atomic E-state index is 0.652. The monoisotopic (exact) mass is 253 g/mol. The summed E-state index contributed by atoms with van der Waals surface area (Å²) in [4.78, 5) is 4.66. The van der Waals surface area contributed by atoms with E-state index in [1.165, 1.54) is 0 Å². The second-order valence-electron chi connectivity index (χ2n) is 4.65. The van der Waals surface area contributed by atoms with Crippen molar-refractivity contribution in [3.05, 3.63) is 35.8 Å². The summed E-state index contributed by atoms with van der Waals surface area (Å²) in [6.45, 7) is 0.889. The number of hydrogen-bond acceptors (Lipinski definition) is 3. The summed E-state index contributed by atoms with van der Waals surface area (Å²) in [5, 5.41) is 9.44. The van der Waals surface area contributed by atoms with Crippen molar-refractivity contribution in [1.82, 2.24) is 9.55 Å². The van der Waals surface area contributed by atoms with Gasteiger partial charge < -0.3 is 9.30 Å². The lowest BCUT2D eigenvalue weighted by atomic mass is 10.1. The highest BCUT2D eigenvalue weighted by Gasteiger charge is 2.22. The molecule has 0 atom stereocenters. The summed E-state index contributed by atoms with van der Waals surface area (Å²) in [7, 11) is 1.64. The Morgan fingerprint density at radius 3 is 2.95 bits per heavy atom. The fourth-order valence-corrected chi connectivity index (χ4v) is 2.63. The van der Waals surface area contributed by atoms with Crippen LogP contribution in [0.25, 0.3) is 11.3 Å². The van der Waals surface area contributed by atoms with Gasteiger partial charge in [0.05, 0.1) is 7.11 Å². The topological polar surface area (TPSA) is 50.8 Å². The zero-order chi connectivity index (χ0) is 13.2. The maximum Gasteiger partial charge on any atom is 0.148 e. The van der Waals surface area contributed by atoms with Crippen molar-refractivity contribution >= 4 is 0 Å². The Morgan fingerprint density at radius 2 is 2.16 bits per heavy atom. The Kier molecular flexibility index (Phi) is 2.96. The third-order valence-electron chi connectivity index (χ3n) is 3.55. The van der Waals surface area contributed by atoms with E-state index in [9.17, 15) is 5.26 Å². The van der Waals surface area contributed by atoms with Gasteiger partial charge in [-0.1, -0.05) is 12.1 Å². The molecular weight excluding hydrogens is 238 g/mol. The molecule has 0 spiro atoms. The molecule has 1 aliphatic heterocycles. The molecule has 1 aromatic carbocycles. The smallest absolute Gasteiger partial charge is 0.148 e. The highest BCUT2D eigenvalue weighted by molar-refractivity contribution is 5.71. The van der Waals surface area contributed by atoms with Crippen LogP contribution in [0.2, 0.25) is 0 Å². The molecule has 0 aliphatic carbocycles. The molecule has 0 radical (unpaired) electrons. The number of nitriles is 1. The van der Waals surface area contributed by atoms with Crippen LogP contribution in [-0.4, -0.2) is 16.7 Å². The van der Waals surface area contributed by atoms with Crippen LogP contribution >= 0.6 is 0 Å². The van der Waals surface area contributed by atoms with Crippen molar-refractivity contribution in [2.75, 3.05) is 7.11 Å². The Hall–Kier alpha value is -2.28. The van der Waals surface area contributed by atoms with E-state index >= 15 is 0 Å². The molecule has 0 unspecified atom stereocenters. The average molecular weight is 253 g/mol. The molecule has 0 saturated heterocycles. The zero-order valence-electron chi connectivity index (χ0n) is 10.9. The largest absolute Gasteiger partial charge is 0.496 e. The van der Waals surface area contributed by atoms with Gasteiger partial charge in [-0.2, -0.15) is 5.26 Å². The van der Waals surface area contributed by atoms with Gasteiger partial charge in [-0.05, 0) is 25.0 Å². The van der Waals surface area contributed by atoms with Crippen LogP contribution in [0.3, 0.4) is 0 Å². The summed E-state index contributed by atoms with van der Waals surface area (Å²) in [6.07, 6.45) is 3.21. The first-order valence-corrected chi connectivity index (χ1v) is 6.48. The summed E-state index contributed by atoms with van der Waals surface area (Å²) in [6, 6.07) is 10.0. The van der Waals surface area contributed by atoms with Gasteiger partial charge in [0.25, 0.3) is 0 Å². The number of hydrogen-bond donors (Lipinski definition) is 0. The minimum absolute atomic E-state index is 0.652. The van der Waals surface area contributed by atoms with Gasteiger partial charge in [0.1, 0.15) is 29.0 Å². The second kappa shape index (κ2) is 4.77. The van der Waals surface area contributed by atoms with E-state index < -0.39 is 0 Å². The number of imidazole rings is 1. The number of aromatic nitrogens is 2. The SMILES string of the molecule is COc1ccccc1-c1nc2n(c1C#N)CCCC2. The quantitative estimate of drug-likeness (QED) is 0.827. The molecule has 0 amide bonds. The fourth-order valence-electron chi connectivity index (χ4n) is 2.63. The normalized spacial score (nSPS) is 13.7. The van der Waals surface area contributed by atoms with Gasteiger partial charge in [0.15, 0.2) is 0 Å². The molecule has 4 heteroatoms. The minimum Gasteiger partial charge on any atom is -0.496 e. The Morgan fingerprint density at radius 1 is 1.32 bits per heavy atom. The van der Waals surface area contributed by atoms with Gasteiger partial charge >= 0.3 is 0 Å². The first kappa shape index (κ1) is 11.8. The average Bonchev–Trinajstić information content (AvgIpc) is 2.85. The van der Waals surface area contributed by atoms with Crippen LogP contribution in [-0.2, 0) is 13.0 Å². The number of para-hydroxylation sites is 1. The summed E-state index contributed by atoms with van der Waals surface area (Å²) in [5.74, 6) is 1.78. The van der Waals surface area contributed by atoms with Crippen molar-refractivity contribution in [2.24, 2.45) is 0 Å². The van der Waals surface area contributed by atoms with E-state index in [2.05, 4.69) is 11.1 Å². The van der Waals surface area contributed by atoms with Gasteiger partial charge in [0.2, 0.25) is 0 Å². The number of aryl methyl sites for hydroxylation is 1. The lowest BCUT2D eigenvalue weighted by Gasteiger charge is -2.13. The fraction of sp³-hybridized carbons (Fsp3) is 0.333. The molecule has 2 aromatic rings. The molecular formula is C15H15N3O. The van der Waals surface area contributed by atoms with Crippen LogP contribution in [0.1, 0.15) is 24.4 Å². The second-order valence-corrected chi connectivity index (χ2v) is 4.65. The maximum absolute atomic E-state index is 9.44. The molecule has 96 valence electrons. The molecule has 0 N–H and O–H groups in total. The van der Waals surface area contributed by atoms with Crippen LogP contribution in [0.4, 0.5) is 0 Å². The lowest BCUT2D eigenvalue weighted by Crippen LogP contribution is -2.11. The Bertz CT molecular complexity index is 652. The predicted molar refractivity (Wildman–Crippen MR) is 71.9 cm³/mol. The van der Waals surface area contributed by atoms with E-state index in [-0.39, 0.29) is 0 Å². The number of rotatable bonds is 2. The van der Waals surface area contributed by atoms with Crippen LogP contribution in [0.5, 0.6) is 5.75 Å². The maximum atomic E-state index is 9.44. The molecule has 19 heavy (non-hydrogen) atoms. The molecule has 0 saturated carbocycles. The molecule has 0 bridgehead atoms. The number of nitrogens with zero attached hydrogens (tertiary/aromatic N) is 3. The van der Waals surface area contributed by atoms with E-state index in [0.717, 1.165) is 48.6 Å². The molecule has 3 rings (SSSR count). The van der Waals surface area contributed by atoms with Crippen molar-refractivity contribution in [3.63, 3.8) is 0 Å². The molecule has 4 nitrogen and oxygen atoms in total. The summed E-state index contributed by atoms with van der Waals surface area (Å²) in [5.41, 5.74) is 2.29. The molecule has 1 aromatic heterocycles. The van der Waals surface area contributed by atoms with E-state index in [0.29, 0.717) is 5.69 Å². The van der Waals surface area contributed by atoms with Crippen LogP contribution < -0.4 is 4.74 Å².